The van der Waals surface area contributed by atoms with Crippen molar-refractivity contribution in [2.75, 3.05) is 12.3 Å². The van der Waals surface area contributed by atoms with Gasteiger partial charge in [-0.15, -0.1) is 0 Å². The van der Waals surface area contributed by atoms with Gasteiger partial charge in [0.15, 0.2) is 0 Å². The second kappa shape index (κ2) is 5.67. The topological polar surface area (TPSA) is 55.1 Å². The zero-order chi connectivity index (χ0) is 13.0. The van der Waals surface area contributed by atoms with Crippen LogP contribution in [-0.2, 0) is 0 Å². The molecule has 4 heteroatoms. The Hall–Kier alpha value is -1.84. The van der Waals surface area contributed by atoms with Crippen molar-refractivity contribution in [2.45, 2.75) is 19.3 Å². The van der Waals surface area contributed by atoms with E-state index in [0.29, 0.717) is 12.5 Å². The Bertz CT molecular complexity index is 471. The van der Waals surface area contributed by atoms with Gasteiger partial charge < -0.3 is 11.1 Å². The van der Waals surface area contributed by atoms with Gasteiger partial charge in [-0.25, -0.2) is 4.39 Å². The van der Waals surface area contributed by atoms with Gasteiger partial charge in [-0.3, -0.25) is 4.79 Å². The third-order valence-corrected chi connectivity index (χ3v) is 3.23. The SMILES string of the molecule is Nc1c(F)cccc1C(=O)NCC1CC=CCC1. The number of carbonyl (C=O) groups excluding carboxylic acids is 1. The van der Waals surface area contributed by atoms with Gasteiger partial charge in [0.1, 0.15) is 5.82 Å². The lowest BCUT2D eigenvalue weighted by atomic mass is 9.94. The number of anilines is 1. The van der Waals surface area contributed by atoms with Crippen molar-refractivity contribution < 1.29 is 9.18 Å². The summed E-state index contributed by atoms with van der Waals surface area (Å²) in [5.41, 5.74) is 5.67. The molecule has 3 nitrogen and oxygen atoms in total. The van der Waals surface area contributed by atoms with Crippen LogP contribution in [0.1, 0.15) is 29.6 Å². The van der Waals surface area contributed by atoms with E-state index in [9.17, 15) is 9.18 Å². The highest BCUT2D eigenvalue weighted by Gasteiger charge is 2.15. The number of benzene rings is 1. The van der Waals surface area contributed by atoms with Crippen LogP contribution in [0, 0.1) is 11.7 Å². The third-order valence-electron chi connectivity index (χ3n) is 3.23. The normalized spacial score (nSPS) is 18.6. The molecule has 1 aliphatic carbocycles. The Morgan fingerprint density at radius 2 is 2.28 bits per heavy atom. The molecule has 0 spiro atoms. The molecule has 0 saturated carbocycles. The number of allylic oxidation sites excluding steroid dienone is 2. The van der Waals surface area contributed by atoms with Crippen LogP contribution < -0.4 is 11.1 Å². The van der Waals surface area contributed by atoms with E-state index in [2.05, 4.69) is 17.5 Å². The first kappa shape index (κ1) is 12.6. The maximum atomic E-state index is 13.2. The molecule has 0 saturated heterocycles. The first-order valence-corrected chi connectivity index (χ1v) is 6.15. The number of hydrogen-bond donors (Lipinski definition) is 2. The van der Waals surface area contributed by atoms with Gasteiger partial charge in [0.25, 0.3) is 5.91 Å². The zero-order valence-corrected chi connectivity index (χ0v) is 10.2. The second-order valence-electron chi connectivity index (χ2n) is 4.56. The van der Waals surface area contributed by atoms with E-state index in [-0.39, 0.29) is 17.2 Å². The number of nitrogens with two attached hydrogens (primary N) is 1. The summed E-state index contributed by atoms with van der Waals surface area (Å²) in [4.78, 5) is 11.9. The number of halogens is 1. The van der Waals surface area contributed by atoms with Crippen LogP contribution in [0.2, 0.25) is 0 Å². The van der Waals surface area contributed by atoms with Gasteiger partial charge in [-0.05, 0) is 37.3 Å². The monoisotopic (exact) mass is 248 g/mol. The fraction of sp³-hybridized carbons (Fsp3) is 0.357. The van der Waals surface area contributed by atoms with E-state index in [4.69, 9.17) is 5.73 Å². The van der Waals surface area contributed by atoms with Crippen LogP contribution in [0.15, 0.2) is 30.4 Å². The highest BCUT2D eigenvalue weighted by atomic mass is 19.1. The molecule has 2 rings (SSSR count). The van der Waals surface area contributed by atoms with Gasteiger partial charge in [0, 0.05) is 6.54 Å². The lowest BCUT2D eigenvalue weighted by Gasteiger charge is -2.18. The van der Waals surface area contributed by atoms with Crippen LogP contribution in [-0.4, -0.2) is 12.5 Å². The molecule has 0 aromatic heterocycles. The Labute approximate surface area is 106 Å². The number of nitrogen functional groups attached to an aromatic ring is 1. The Balaban J connectivity index is 1.95. The minimum absolute atomic E-state index is 0.0847. The standard InChI is InChI=1S/C14H17FN2O/c15-12-8-4-7-11(13(12)16)14(18)17-9-10-5-2-1-3-6-10/h1-2,4,7-8,10H,3,5-6,9,16H2,(H,17,18). The van der Waals surface area contributed by atoms with Gasteiger partial charge in [-0.1, -0.05) is 18.2 Å². The largest absolute Gasteiger partial charge is 0.396 e. The van der Waals surface area contributed by atoms with Gasteiger partial charge in [0.2, 0.25) is 0 Å². The van der Waals surface area contributed by atoms with Crippen molar-refractivity contribution in [1.29, 1.82) is 0 Å². The predicted molar refractivity (Wildman–Crippen MR) is 69.6 cm³/mol. The molecule has 0 heterocycles. The molecular weight excluding hydrogens is 231 g/mol. The number of amides is 1. The molecule has 1 atom stereocenters. The average molecular weight is 248 g/mol. The zero-order valence-electron chi connectivity index (χ0n) is 10.2. The summed E-state index contributed by atoms with van der Waals surface area (Å²) in [5.74, 6) is -0.390. The van der Waals surface area contributed by atoms with Crippen LogP contribution in [0.25, 0.3) is 0 Å². The molecule has 0 fully saturated rings. The average Bonchev–Trinajstić information content (AvgIpc) is 2.40. The molecule has 3 N–H and O–H groups in total. The van der Waals surface area contributed by atoms with Gasteiger partial charge in [0.05, 0.1) is 11.3 Å². The van der Waals surface area contributed by atoms with Gasteiger partial charge in [-0.2, -0.15) is 0 Å². The number of hydrogen-bond acceptors (Lipinski definition) is 2. The molecule has 18 heavy (non-hydrogen) atoms. The molecule has 1 aromatic rings. The molecule has 1 amide bonds. The van der Waals surface area contributed by atoms with Crippen LogP contribution >= 0.6 is 0 Å². The summed E-state index contributed by atoms with van der Waals surface area (Å²) >= 11 is 0. The second-order valence-corrected chi connectivity index (χ2v) is 4.56. The van der Waals surface area contributed by atoms with Crippen LogP contribution in [0.5, 0.6) is 0 Å². The maximum Gasteiger partial charge on any atom is 0.253 e. The highest BCUT2D eigenvalue weighted by Crippen LogP contribution is 2.18. The number of carbonyl (C=O) groups is 1. The first-order valence-electron chi connectivity index (χ1n) is 6.15. The lowest BCUT2D eigenvalue weighted by Crippen LogP contribution is -2.30. The van der Waals surface area contributed by atoms with Crippen LogP contribution in [0.4, 0.5) is 10.1 Å². The summed E-state index contributed by atoms with van der Waals surface area (Å²) in [7, 11) is 0. The number of rotatable bonds is 3. The van der Waals surface area contributed by atoms with Gasteiger partial charge >= 0.3 is 0 Å². The molecule has 1 aliphatic rings. The maximum absolute atomic E-state index is 13.2. The summed E-state index contributed by atoms with van der Waals surface area (Å²) in [6.07, 6.45) is 7.41. The molecule has 96 valence electrons. The smallest absolute Gasteiger partial charge is 0.253 e. The fourth-order valence-corrected chi connectivity index (χ4v) is 2.11. The van der Waals surface area contributed by atoms with Crippen molar-refractivity contribution in [3.05, 3.63) is 41.7 Å². The molecule has 0 aliphatic heterocycles. The summed E-state index contributed by atoms with van der Waals surface area (Å²) in [5, 5.41) is 2.82. The van der Waals surface area contributed by atoms with Crippen molar-refractivity contribution in [2.24, 2.45) is 5.92 Å². The van der Waals surface area contributed by atoms with Crippen molar-refractivity contribution >= 4 is 11.6 Å². The predicted octanol–water partition coefficient (Wildman–Crippen LogP) is 2.49. The Kier molecular flexibility index (Phi) is 3.97. The molecule has 0 radical (unpaired) electrons. The van der Waals surface area contributed by atoms with Crippen molar-refractivity contribution in [3.63, 3.8) is 0 Å². The quantitative estimate of drug-likeness (QED) is 0.638. The third kappa shape index (κ3) is 2.88. The lowest BCUT2D eigenvalue weighted by molar-refractivity contribution is 0.0947. The minimum Gasteiger partial charge on any atom is -0.396 e. The molecule has 1 aromatic carbocycles. The highest BCUT2D eigenvalue weighted by molar-refractivity contribution is 5.99. The van der Waals surface area contributed by atoms with E-state index < -0.39 is 5.82 Å². The van der Waals surface area contributed by atoms with E-state index >= 15 is 0 Å². The Morgan fingerprint density at radius 1 is 1.44 bits per heavy atom. The van der Waals surface area contributed by atoms with E-state index in [1.165, 1.54) is 18.2 Å². The number of nitrogens with one attached hydrogen (secondary N) is 1. The molecular formula is C14H17FN2O. The summed E-state index contributed by atoms with van der Waals surface area (Å²) < 4.78 is 13.2. The van der Waals surface area contributed by atoms with E-state index in [1.807, 2.05) is 0 Å². The Morgan fingerprint density at radius 3 is 3.00 bits per heavy atom. The fourth-order valence-electron chi connectivity index (χ4n) is 2.11. The number of para-hydroxylation sites is 1. The minimum atomic E-state index is -0.553. The van der Waals surface area contributed by atoms with Crippen LogP contribution in [0.3, 0.4) is 0 Å². The summed E-state index contributed by atoms with van der Waals surface area (Å²) in [6, 6.07) is 4.27. The van der Waals surface area contributed by atoms with Crippen molar-refractivity contribution in [1.82, 2.24) is 5.32 Å². The van der Waals surface area contributed by atoms with E-state index in [1.54, 1.807) is 0 Å². The van der Waals surface area contributed by atoms with E-state index in [0.717, 1.165) is 19.3 Å². The first-order chi connectivity index (χ1) is 8.68. The molecule has 1 unspecified atom stereocenters. The van der Waals surface area contributed by atoms with Crippen molar-refractivity contribution in [3.8, 4) is 0 Å². The molecule has 0 bridgehead atoms. The summed E-state index contributed by atoms with van der Waals surface area (Å²) in [6.45, 7) is 0.610.